The van der Waals surface area contributed by atoms with Gasteiger partial charge in [-0.25, -0.2) is 4.79 Å². The molecule has 0 aromatic heterocycles. The van der Waals surface area contributed by atoms with Crippen LogP contribution in [-0.2, 0) is 0 Å². The van der Waals surface area contributed by atoms with E-state index in [0.717, 1.165) is 6.42 Å². The van der Waals surface area contributed by atoms with E-state index in [0.29, 0.717) is 0 Å². The fourth-order valence-corrected chi connectivity index (χ4v) is 1.33. The number of para-hydroxylation sites is 1. The fraction of sp³-hybridized carbons (Fsp3) is 0.417. The van der Waals surface area contributed by atoms with Crippen LogP contribution in [0, 0.1) is 16.0 Å². The number of carboxylic acids is 1. The summed E-state index contributed by atoms with van der Waals surface area (Å²) in [5, 5.41) is 19.8. The second kappa shape index (κ2) is 6.00. The Hall–Kier alpha value is -2.11. The third kappa shape index (κ3) is 3.19. The summed E-state index contributed by atoms with van der Waals surface area (Å²) in [5.74, 6) is -1.21. The van der Waals surface area contributed by atoms with Crippen LogP contribution in [0.5, 0.6) is 5.75 Å². The molecule has 0 heterocycles. The molecule has 0 saturated carbocycles. The molecule has 6 nitrogen and oxygen atoms in total. The molecular formula is C12H15NO5. The zero-order valence-corrected chi connectivity index (χ0v) is 10.3. The predicted molar refractivity (Wildman–Crippen MR) is 65.0 cm³/mol. The summed E-state index contributed by atoms with van der Waals surface area (Å²) in [6.45, 7) is 4.14. The second-order valence-electron chi connectivity index (χ2n) is 4.04. The molecule has 18 heavy (non-hydrogen) atoms. The van der Waals surface area contributed by atoms with Crippen LogP contribution in [0.3, 0.4) is 0 Å². The van der Waals surface area contributed by atoms with Crippen molar-refractivity contribution >= 4 is 11.7 Å². The summed E-state index contributed by atoms with van der Waals surface area (Å²) in [6.07, 6.45) is 0.850. The molecule has 0 aliphatic heterocycles. The van der Waals surface area contributed by atoms with E-state index in [1.54, 1.807) is 0 Å². The fourth-order valence-electron chi connectivity index (χ4n) is 1.33. The number of aromatic carboxylic acids is 1. The van der Waals surface area contributed by atoms with E-state index in [4.69, 9.17) is 9.84 Å². The van der Waals surface area contributed by atoms with Crippen molar-refractivity contribution in [1.82, 2.24) is 0 Å². The average Bonchev–Trinajstić information content (AvgIpc) is 2.34. The van der Waals surface area contributed by atoms with Gasteiger partial charge in [-0.15, -0.1) is 0 Å². The van der Waals surface area contributed by atoms with Crippen LogP contribution in [0.25, 0.3) is 0 Å². The van der Waals surface area contributed by atoms with Crippen LogP contribution >= 0.6 is 0 Å². The molecule has 0 aliphatic carbocycles. The Labute approximate surface area is 104 Å². The number of carbonyl (C=O) groups is 1. The van der Waals surface area contributed by atoms with E-state index in [-0.39, 0.29) is 29.5 Å². The van der Waals surface area contributed by atoms with Gasteiger partial charge >= 0.3 is 11.7 Å². The third-order valence-corrected chi connectivity index (χ3v) is 2.63. The van der Waals surface area contributed by atoms with Crippen LogP contribution in [0.15, 0.2) is 18.2 Å². The van der Waals surface area contributed by atoms with Gasteiger partial charge in [0.05, 0.1) is 11.5 Å². The molecule has 0 aliphatic rings. The van der Waals surface area contributed by atoms with E-state index in [9.17, 15) is 14.9 Å². The van der Waals surface area contributed by atoms with Crippen molar-refractivity contribution in [2.75, 3.05) is 6.61 Å². The van der Waals surface area contributed by atoms with E-state index < -0.39 is 10.9 Å². The van der Waals surface area contributed by atoms with Crippen LogP contribution in [0.1, 0.15) is 30.6 Å². The molecule has 0 saturated heterocycles. The van der Waals surface area contributed by atoms with Crippen LogP contribution in [0.4, 0.5) is 5.69 Å². The Morgan fingerprint density at radius 1 is 1.56 bits per heavy atom. The first kappa shape index (κ1) is 14.0. The molecule has 0 spiro atoms. The van der Waals surface area contributed by atoms with E-state index in [2.05, 4.69) is 0 Å². The second-order valence-corrected chi connectivity index (χ2v) is 4.04. The maximum Gasteiger partial charge on any atom is 0.339 e. The highest BCUT2D eigenvalue weighted by molar-refractivity contribution is 5.92. The molecule has 0 radical (unpaired) electrons. The summed E-state index contributed by atoms with van der Waals surface area (Å²) in [7, 11) is 0. The zero-order chi connectivity index (χ0) is 13.7. The molecule has 1 aromatic rings. The molecule has 0 bridgehead atoms. The molecule has 1 N–H and O–H groups in total. The van der Waals surface area contributed by atoms with Crippen molar-refractivity contribution in [2.24, 2.45) is 5.92 Å². The lowest BCUT2D eigenvalue weighted by Gasteiger charge is -2.12. The van der Waals surface area contributed by atoms with Crippen molar-refractivity contribution in [2.45, 2.75) is 20.3 Å². The maximum atomic E-state index is 11.0. The molecule has 1 unspecified atom stereocenters. The standard InChI is InChI=1S/C12H15NO5/c1-3-8(2)7-18-11-9(12(14)15)5-4-6-10(11)13(16)17/h4-6,8H,3,7H2,1-2H3,(H,14,15). The highest BCUT2D eigenvalue weighted by Gasteiger charge is 2.23. The summed E-state index contributed by atoms with van der Waals surface area (Å²) in [5.41, 5.74) is -0.509. The Bertz CT molecular complexity index is 426. The summed E-state index contributed by atoms with van der Waals surface area (Å²) < 4.78 is 5.32. The molecular weight excluding hydrogens is 238 g/mol. The number of benzene rings is 1. The Morgan fingerprint density at radius 3 is 2.72 bits per heavy atom. The SMILES string of the molecule is CCC(C)COc1c(C(=O)O)cccc1[N+](=O)[O-]. The smallest absolute Gasteiger partial charge is 0.339 e. The minimum absolute atomic E-state index is 0.171. The zero-order valence-electron chi connectivity index (χ0n) is 10.3. The van der Waals surface area contributed by atoms with Crippen LogP contribution in [0.2, 0.25) is 0 Å². The molecule has 6 heteroatoms. The van der Waals surface area contributed by atoms with Gasteiger partial charge in [-0.2, -0.15) is 0 Å². The lowest BCUT2D eigenvalue weighted by Crippen LogP contribution is -2.11. The van der Waals surface area contributed by atoms with Gasteiger partial charge in [-0.3, -0.25) is 10.1 Å². The highest BCUT2D eigenvalue weighted by Crippen LogP contribution is 2.31. The summed E-state index contributed by atoms with van der Waals surface area (Å²) >= 11 is 0. The van der Waals surface area contributed by atoms with Gasteiger partial charge in [0.2, 0.25) is 5.75 Å². The van der Waals surface area contributed by atoms with Crippen LogP contribution < -0.4 is 4.74 Å². The van der Waals surface area contributed by atoms with Gasteiger partial charge in [-0.05, 0) is 12.0 Å². The largest absolute Gasteiger partial charge is 0.486 e. The van der Waals surface area contributed by atoms with Crippen molar-refractivity contribution < 1.29 is 19.6 Å². The number of rotatable bonds is 6. The lowest BCUT2D eigenvalue weighted by molar-refractivity contribution is -0.385. The molecule has 0 amide bonds. The van der Waals surface area contributed by atoms with Gasteiger partial charge in [0.1, 0.15) is 5.56 Å². The molecule has 1 rings (SSSR count). The maximum absolute atomic E-state index is 11.0. The quantitative estimate of drug-likeness (QED) is 0.621. The van der Waals surface area contributed by atoms with E-state index in [1.807, 2.05) is 13.8 Å². The highest BCUT2D eigenvalue weighted by atomic mass is 16.6. The number of nitro benzene ring substituents is 1. The first-order valence-corrected chi connectivity index (χ1v) is 5.60. The van der Waals surface area contributed by atoms with Gasteiger partial charge in [0.25, 0.3) is 0 Å². The van der Waals surface area contributed by atoms with E-state index >= 15 is 0 Å². The van der Waals surface area contributed by atoms with Crippen molar-refractivity contribution in [3.05, 3.63) is 33.9 Å². The molecule has 1 aromatic carbocycles. The Morgan fingerprint density at radius 2 is 2.22 bits per heavy atom. The number of nitrogens with zero attached hydrogens (tertiary/aromatic N) is 1. The topological polar surface area (TPSA) is 89.7 Å². The number of nitro groups is 1. The normalized spacial score (nSPS) is 11.9. The third-order valence-electron chi connectivity index (χ3n) is 2.63. The summed E-state index contributed by atoms with van der Waals surface area (Å²) in [4.78, 5) is 21.2. The van der Waals surface area contributed by atoms with Gasteiger partial charge in [-0.1, -0.05) is 26.3 Å². The monoisotopic (exact) mass is 253 g/mol. The lowest BCUT2D eigenvalue weighted by atomic mass is 10.1. The van der Waals surface area contributed by atoms with Crippen molar-refractivity contribution in [3.8, 4) is 5.75 Å². The average molecular weight is 253 g/mol. The first-order chi connectivity index (χ1) is 8.47. The number of carboxylic acid groups (broad SMARTS) is 1. The van der Waals surface area contributed by atoms with Gasteiger partial charge in [0, 0.05) is 6.07 Å². The first-order valence-electron chi connectivity index (χ1n) is 5.60. The Kier molecular flexibility index (Phi) is 4.65. The Balaban J connectivity index is 3.11. The number of hydrogen-bond acceptors (Lipinski definition) is 4. The number of ether oxygens (including phenoxy) is 1. The molecule has 98 valence electrons. The van der Waals surface area contributed by atoms with Crippen molar-refractivity contribution in [1.29, 1.82) is 0 Å². The predicted octanol–water partition coefficient (Wildman–Crippen LogP) is 2.72. The summed E-state index contributed by atoms with van der Waals surface area (Å²) in [6, 6.07) is 3.86. The molecule has 0 fully saturated rings. The number of hydrogen-bond donors (Lipinski definition) is 1. The van der Waals surface area contributed by atoms with Crippen LogP contribution in [-0.4, -0.2) is 22.6 Å². The minimum atomic E-state index is -1.24. The van der Waals surface area contributed by atoms with Gasteiger partial charge in [0.15, 0.2) is 0 Å². The van der Waals surface area contributed by atoms with E-state index in [1.165, 1.54) is 18.2 Å². The van der Waals surface area contributed by atoms with Crippen molar-refractivity contribution in [3.63, 3.8) is 0 Å². The molecule has 1 atom stereocenters. The minimum Gasteiger partial charge on any atom is -0.486 e. The van der Waals surface area contributed by atoms with Gasteiger partial charge < -0.3 is 9.84 Å².